The number of aromatic hydroxyl groups is 1. The van der Waals surface area contributed by atoms with E-state index in [0.717, 1.165) is 11.1 Å². The molecule has 0 fully saturated rings. The molecule has 1 amide bonds. The molecular formula is C17H12N4O6. The summed E-state index contributed by atoms with van der Waals surface area (Å²) >= 11 is 0. The van der Waals surface area contributed by atoms with Gasteiger partial charge >= 0.3 is 5.69 Å². The third-order valence-corrected chi connectivity index (χ3v) is 3.91. The maximum Gasteiger partial charge on any atom is 0.311 e. The standard InChI is InChI=1S/C17H12N4O6/c1-10-14(9-11-3-2-4-15(16(11)22)21(26)27)17(23)19(18-10)12-5-7-13(8-6-12)20(24)25/h2-9,22H,1H3/b14-9+. The molecule has 136 valence electrons. The monoisotopic (exact) mass is 368 g/mol. The molecule has 10 heteroatoms. The smallest absolute Gasteiger partial charge is 0.311 e. The van der Waals surface area contributed by atoms with Crippen LogP contribution in [-0.2, 0) is 4.79 Å². The van der Waals surface area contributed by atoms with Gasteiger partial charge in [0.2, 0.25) is 5.75 Å². The first-order valence-corrected chi connectivity index (χ1v) is 7.62. The summed E-state index contributed by atoms with van der Waals surface area (Å²) in [5.41, 5.74) is 0.317. The summed E-state index contributed by atoms with van der Waals surface area (Å²) in [6.07, 6.45) is 1.31. The van der Waals surface area contributed by atoms with E-state index in [4.69, 9.17) is 0 Å². The van der Waals surface area contributed by atoms with Crippen LogP contribution in [0.5, 0.6) is 5.75 Å². The second-order valence-corrected chi connectivity index (χ2v) is 5.61. The van der Waals surface area contributed by atoms with Gasteiger partial charge in [-0.2, -0.15) is 10.1 Å². The van der Waals surface area contributed by atoms with E-state index in [-0.39, 0.29) is 16.8 Å². The summed E-state index contributed by atoms with van der Waals surface area (Å²) in [4.78, 5) is 33.0. The number of anilines is 1. The van der Waals surface area contributed by atoms with E-state index in [1.54, 1.807) is 6.92 Å². The van der Waals surface area contributed by atoms with Gasteiger partial charge in [0.15, 0.2) is 0 Å². The Morgan fingerprint density at radius 2 is 1.74 bits per heavy atom. The molecule has 27 heavy (non-hydrogen) atoms. The molecule has 0 bridgehead atoms. The minimum atomic E-state index is -0.724. The topological polar surface area (TPSA) is 139 Å². The molecule has 2 aromatic rings. The summed E-state index contributed by atoms with van der Waals surface area (Å²) in [5.74, 6) is -1.07. The van der Waals surface area contributed by atoms with Crippen molar-refractivity contribution in [2.45, 2.75) is 6.92 Å². The maximum absolute atomic E-state index is 12.7. The number of para-hydroxylation sites is 1. The van der Waals surface area contributed by atoms with Crippen LogP contribution in [0.25, 0.3) is 6.08 Å². The Morgan fingerprint density at radius 1 is 1.07 bits per heavy atom. The fourth-order valence-electron chi connectivity index (χ4n) is 2.54. The van der Waals surface area contributed by atoms with E-state index in [1.807, 2.05) is 0 Å². The highest BCUT2D eigenvalue weighted by Gasteiger charge is 2.29. The number of phenolic OH excluding ortho intramolecular Hbond substituents is 1. The molecule has 2 aromatic carbocycles. The number of hydrogen-bond donors (Lipinski definition) is 1. The molecule has 0 saturated heterocycles. The summed E-state index contributed by atoms with van der Waals surface area (Å²) in [5, 5.41) is 36.9. The number of benzene rings is 2. The summed E-state index contributed by atoms with van der Waals surface area (Å²) in [7, 11) is 0. The van der Waals surface area contributed by atoms with Gasteiger partial charge in [0.05, 0.1) is 26.8 Å². The molecule has 0 unspecified atom stereocenters. The van der Waals surface area contributed by atoms with E-state index < -0.39 is 27.2 Å². The Labute approximate surface area is 152 Å². The molecule has 1 aliphatic heterocycles. The zero-order chi connectivity index (χ0) is 19.7. The van der Waals surface area contributed by atoms with Gasteiger partial charge in [0.1, 0.15) is 0 Å². The second kappa shape index (κ2) is 6.67. The van der Waals surface area contributed by atoms with Crippen LogP contribution in [0.15, 0.2) is 53.1 Å². The van der Waals surface area contributed by atoms with Crippen LogP contribution in [0.2, 0.25) is 0 Å². The molecular weight excluding hydrogens is 356 g/mol. The van der Waals surface area contributed by atoms with Crippen LogP contribution in [0.4, 0.5) is 17.1 Å². The third kappa shape index (κ3) is 3.23. The molecule has 0 aliphatic carbocycles. The first-order valence-electron chi connectivity index (χ1n) is 7.62. The minimum absolute atomic E-state index is 0.104. The van der Waals surface area contributed by atoms with Crippen LogP contribution in [0.3, 0.4) is 0 Å². The first kappa shape index (κ1) is 17.7. The number of phenols is 1. The van der Waals surface area contributed by atoms with Crippen LogP contribution < -0.4 is 5.01 Å². The number of carbonyl (C=O) groups excluding carboxylic acids is 1. The quantitative estimate of drug-likeness (QED) is 0.500. The highest BCUT2D eigenvalue weighted by Crippen LogP contribution is 2.33. The van der Waals surface area contributed by atoms with Gasteiger partial charge in [-0.05, 0) is 25.1 Å². The lowest BCUT2D eigenvalue weighted by Crippen LogP contribution is -2.21. The van der Waals surface area contributed by atoms with E-state index in [0.29, 0.717) is 11.4 Å². The van der Waals surface area contributed by atoms with Gasteiger partial charge in [-0.15, -0.1) is 0 Å². The largest absolute Gasteiger partial charge is 0.502 e. The molecule has 0 aromatic heterocycles. The second-order valence-electron chi connectivity index (χ2n) is 5.61. The van der Waals surface area contributed by atoms with Crippen molar-refractivity contribution in [3.63, 3.8) is 0 Å². The number of hydrogen-bond acceptors (Lipinski definition) is 7. The summed E-state index contributed by atoms with van der Waals surface area (Å²) in [6.45, 7) is 1.57. The van der Waals surface area contributed by atoms with Crippen LogP contribution in [0.1, 0.15) is 12.5 Å². The van der Waals surface area contributed by atoms with Gasteiger partial charge in [-0.25, -0.2) is 0 Å². The molecule has 0 spiro atoms. The average Bonchev–Trinajstić information content (AvgIpc) is 2.91. The predicted molar refractivity (Wildman–Crippen MR) is 96.4 cm³/mol. The number of hydrazone groups is 1. The van der Waals surface area contributed by atoms with Crippen molar-refractivity contribution in [3.8, 4) is 5.75 Å². The summed E-state index contributed by atoms with van der Waals surface area (Å²) in [6, 6.07) is 9.26. The number of nitrogens with zero attached hydrogens (tertiary/aromatic N) is 4. The lowest BCUT2D eigenvalue weighted by molar-refractivity contribution is -0.385. The number of nitro groups is 2. The van der Waals surface area contributed by atoms with Crippen molar-refractivity contribution < 1.29 is 19.7 Å². The molecule has 0 atom stereocenters. The van der Waals surface area contributed by atoms with E-state index in [9.17, 15) is 30.1 Å². The number of rotatable bonds is 4. The molecule has 0 radical (unpaired) electrons. The lowest BCUT2D eigenvalue weighted by Gasteiger charge is -2.11. The Kier molecular flexibility index (Phi) is 4.38. The molecule has 1 N–H and O–H groups in total. The average molecular weight is 368 g/mol. The number of carbonyl (C=O) groups is 1. The first-order chi connectivity index (χ1) is 12.8. The number of non-ortho nitro benzene ring substituents is 1. The highest BCUT2D eigenvalue weighted by atomic mass is 16.6. The number of amides is 1. The van der Waals surface area contributed by atoms with Crippen LogP contribution >= 0.6 is 0 Å². The molecule has 1 aliphatic rings. The summed E-state index contributed by atoms with van der Waals surface area (Å²) < 4.78 is 0. The van der Waals surface area contributed by atoms with Crippen molar-refractivity contribution in [1.82, 2.24) is 0 Å². The zero-order valence-corrected chi connectivity index (χ0v) is 13.9. The normalized spacial score (nSPS) is 15.1. The number of nitro benzene ring substituents is 2. The molecule has 10 nitrogen and oxygen atoms in total. The van der Waals surface area contributed by atoms with Crippen molar-refractivity contribution in [2.24, 2.45) is 5.10 Å². The van der Waals surface area contributed by atoms with Crippen LogP contribution in [-0.4, -0.2) is 26.6 Å². The minimum Gasteiger partial charge on any atom is -0.502 e. The van der Waals surface area contributed by atoms with Crippen molar-refractivity contribution in [2.75, 3.05) is 5.01 Å². The van der Waals surface area contributed by atoms with Crippen molar-refractivity contribution in [1.29, 1.82) is 0 Å². The van der Waals surface area contributed by atoms with E-state index in [1.165, 1.54) is 42.5 Å². The zero-order valence-electron chi connectivity index (χ0n) is 13.9. The molecule has 1 heterocycles. The van der Waals surface area contributed by atoms with Gasteiger partial charge in [0, 0.05) is 23.8 Å². The third-order valence-electron chi connectivity index (χ3n) is 3.91. The van der Waals surface area contributed by atoms with Crippen molar-refractivity contribution in [3.05, 3.63) is 73.8 Å². The van der Waals surface area contributed by atoms with Gasteiger partial charge in [-0.1, -0.05) is 12.1 Å². The Bertz CT molecular complexity index is 1030. The Morgan fingerprint density at radius 3 is 2.33 bits per heavy atom. The Hall–Kier alpha value is -4.08. The lowest BCUT2D eigenvalue weighted by atomic mass is 10.1. The van der Waals surface area contributed by atoms with Gasteiger partial charge in [-0.3, -0.25) is 25.0 Å². The molecule has 3 rings (SSSR count). The van der Waals surface area contributed by atoms with Crippen LogP contribution in [0, 0.1) is 20.2 Å². The Balaban J connectivity index is 1.96. The highest BCUT2D eigenvalue weighted by molar-refractivity contribution is 6.32. The van der Waals surface area contributed by atoms with E-state index in [2.05, 4.69) is 5.10 Å². The molecule has 0 saturated carbocycles. The van der Waals surface area contributed by atoms with Gasteiger partial charge in [0.25, 0.3) is 11.6 Å². The van der Waals surface area contributed by atoms with E-state index >= 15 is 0 Å². The maximum atomic E-state index is 12.7. The SMILES string of the molecule is CC1=NN(c2ccc([N+](=O)[O-])cc2)C(=O)/C1=C/c1cccc([N+](=O)[O-])c1O. The fourth-order valence-corrected chi connectivity index (χ4v) is 2.54. The predicted octanol–water partition coefficient (Wildman–Crippen LogP) is 3.01. The van der Waals surface area contributed by atoms with Gasteiger partial charge < -0.3 is 5.11 Å². The van der Waals surface area contributed by atoms with Crippen molar-refractivity contribution >= 4 is 34.8 Å². The fraction of sp³-hybridized carbons (Fsp3) is 0.0588.